The van der Waals surface area contributed by atoms with Gasteiger partial charge in [-0.1, -0.05) is 99.3 Å². The average Bonchev–Trinajstić information content (AvgIpc) is 2.82. The molecule has 0 aromatic heterocycles. The van der Waals surface area contributed by atoms with E-state index in [0.717, 1.165) is 54.3 Å². The van der Waals surface area contributed by atoms with E-state index in [9.17, 15) is 29.7 Å². The zero-order chi connectivity index (χ0) is 30.3. The number of hydrogen-bond donors (Lipinski definition) is 0. The fourth-order valence-corrected chi connectivity index (χ4v) is 5.42. The van der Waals surface area contributed by atoms with Crippen molar-refractivity contribution in [2.45, 2.75) is 119 Å². The van der Waals surface area contributed by atoms with Crippen LogP contribution in [-0.4, -0.2) is 78.6 Å². The predicted octanol–water partition coefficient (Wildman–Crippen LogP) is 4.68. The minimum atomic E-state index is -0.952. The summed E-state index contributed by atoms with van der Waals surface area (Å²) in [5, 5.41) is 30.1. The summed E-state index contributed by atoms with van der Waals surface area (Å²) in [7, 11) is 0. The average molecular weight is 819 g/mol. The number of carboxylic acid groups (broad SMARTS) is 3. The molecule has 10 heteroatoms. The van der Waals surface area contributed by atoms with Crippen LogP contribution in [0.3, 0.4) is 0 Å². The quantitative estimate of drug-likeness (QED) is 0.101. The molecule has 0 rings (SSSR count). The van der Waals surface area contributed by atoms with Crippen molar-refractivity contribution in [3.63, 3.8) is 0 Å². The van der Waals surface area contributed by atoms with Crippen molar-refractivity contribution < 1.29 is 29.7 Å². The summed E-state index contributed by atoms with van der Waals surface area (Å²) >= 11 is 4.37. The molecular weight excluding hydrogens is 762 g/mol. The SMILES string of the molecule is CC(C)CCCCCSCC(=O)[O-].CC(C)CCCCCSCC(=O)[O-].CC(C)CCCCCSCC(=O)[O-].[Bi+3]. The van der Waals surface area contributed by atoms with Crippen molar-refractivity contribution in [3.8, 4) is 0 Å². The third-order valence-electron chi connectivity index (χ3n) is 5.37. The third kappa shape index (κ3) is 58.1. The zero-order valence-electron chi connectivity index (χ0n) is 26.1. The van der Waals surface area contributed by atoms with Crippen molar-refractivity contribution in [2.75, 3.05) is 34.5 Å². The Balaban J connectivity index is -0.000000240. The van der Waals surface area contributed by atoms with Gasteiger partial charge in [-0.3, -0.25) is 0 Å². The molecule has 0 bridgehead atoms. The van der Waals surface area contributed by atoms with Crippen molar-refractivity contribution in [1.29, 1.82) is 0 Å². The molecule has 2 radical (unpaired) electrons. The van der Waals surface area contributed by atoms with Crippen LogP contribution in [0, 0.1) is 17.8 Å². The van der Waals surface area contributed by atoms with Gasteiger partial charge in [-0.2, -0.15) is 35.3 Å². The fraction of sp³-hybridized carbons (Fsp3) is 0.900. The van der Waals surface area contributed by atoms with E-state index in [0.29, 0.717) is 0 Å². The van der Waals surface area contributed by atoms with Crippen molar-refractivity contribution in [2.24, 2.45) is 17.8 Å². The maximum atomic E-state index is 10.0. The van der Waals surface area contributed by atoms with Gasteiger partial charge in [0.25, 0.3) is 0 Å². The summed E-state index contributed by atoms with van der Waals surface area (Å²) in [6, 6.07) is 0. The summed E-state index contributed by atoms with van der Waals surface area (Å²) in [6.45, 7) is 13.4. The molecule has 0 fully saturated rings. The van der Waals surface area contributed by atoms with E-state index in [1.807, 2.05) is 0 Å². The van der Waals surface area contributed by atoms with Crippen LogP contribution >= 0.6 is 35.3 Å². The standard InChI is InChI=1S/3C10H20O2S.Bi/c3*1-9(2)6-4-3-5-7-13-8-10(11)12;/h3*9H,3-8H2,1-2H3,(H,11,12);/q;;;+3/p-3. The van der Waals surface area contributed by atoms with E-state index < -0.39 is 17.9 Å². The molecule has 0 aliphatic carbocycles. The molecule has 0 N–H and O–H groups in total. The third-order valence-corrected chi connectivity index (χ3v) is 8.42. The zero-order valence-corrected chi connectivity index (χ0v) is 32.0. The number of rotatable bonds is 24. The number of hydrogen-bond acceptors (Lipinski definition) is 9. The van der Waals surface area contributed by atoms with E-state index in [4.69, 9.17) is 0 Å². The molecule has 40 heavy (non-hydrogen) atoms. The summed E-state index contributed by atoms with van der Waals surface area (Å²) in [5.74, 6) is 2.79. The van der Waals surface area contributed by atoms with Gasteiger partial charge in [-0.25, -0.2) is 0 Å². The molecule has 0 aliphatic heterocycles. The first-order valence-electron chi connectivity index (χ1n) is 14.7. The number of aliphatic carboxylic acids is 3. The molecule has 6 nitrogen and oxygen atoms in total. The van der Waals surface area contributed by atoms with E-state index in [2.05, 4.69) is 41.5 Å². The van der Waals surface area contributed by atoms with Gasteiger partial charge < -0.3 is 29.7 Å². The molecule has 0 atom stereocenters. The Morgan fingerprint density at radius 2 is 0.675 bits per heavy atom. The van der Waals surface area contributed by atoms with Gasteiger partial charge in [0.2, 0.25) is 0 Å². The summed E-state index contributed by atoms with van der Waals surface area (Å²) in [6.07, 6.45) is 14.7. The molecule has 0 saturated carbocycles. The minimum absolute atomic E-state index is 0. The molecule has 0 heterocycles. The molecule has 0 aliphatic rings. The fourth-order valence-electron chi connectivity index (χ4n) is 3.27. The van der Waals surface area contributed by atoms with E-state index >= 15 is 0 Å². The molecule has 0 saturated heterocycles. The molecule has 0 aromatic rings. The summed E-state index contributed by atoms with van der Waals surface area (Å²) < 4.78 is 0. The Morgan fingerprint density at radius 3 is 0.850 bits per heavy atom. The van der Waals surface area contributed by atoms with Crippen LogP contribution in [0.4, 0.5) is 0 Å². The molecule has 0 aromatic carbocycles. The topological polar surface area (TPSA) is 120 Å². The van der Waals surface area contributed by atoms with Gasteiger partial charge in [0.1, 0.15) is 0 Å². The second-order valence-corrected chi connectivity index (χ2v) is 14.3. The van der Waals surface area contributed by atoms with E-state index in [-0.39, 0.29) is 43.5 Å². The number of carboxylic acids is 3. The Kier molecular flexibility index (Phi) is 44.2. The second kappa shape index (κ2) is 37.4. The Hall–Kier alpha value is 0.343. The smallest absolute Gasteiger partial charge is 0.549 e. The largest absolute Gasteiger partial charge is 3.00 e. The van der Waals surface area contributed by atoms with Crippen LogP contribution in [0.2, 0.25) is 0 Å². The summed E-state index contributed by atoms with van der Waals surface area (Å²) in [4.78, 5) is 30.1. The molecule has 0 amide bonds. The first kappa shape index (κ1) is 47.3. The van der Waals surface area contributed by atoms with Crippen LogP contribution in [0.5, 0.6) is 0 Å². The number of thioether (sulfide) groups is 3. The predicted molar refractivity (Wildman–Crippen MR) is 173 cm³/mol. The van der Waals surface area contributed by atoms with Gasteiger partial charge in [0, 0.05) is 17.3 Å². The van der Waals surface area contributed by atoms with Gasteiger partial charge >= 0.3 is 26.2 Å². The van der Waals surface area contributed by atoms with Crippen molar-refractivity contribution in [3.05, 3.63) is 0 Å². The monoisotopic (exact) mass is 818 g/mol. The Labute approximate surface area is 278 Å². The second-order valence-electron chi connectivity index (χ2n) is 11.0. The van der Waals surface area contributed by atoms with Crippen LogP contribution < -0.4 is 15.3 Å². The maximum Gasteiger partial charge on any atom is 3.00 e. The van der Waals surface area contributed by atoms with Crippen molar-refractivity contribution >= 4 is 79.4 Å². The van der Waals surface area contributed by atoms with E-state index in [1.54, 1.807) is 0 Å². The molecule has 0 spiro atoms. The van der Waals surface area contributed by atoms with Crippen LogP contribution in [0.1, 0.15) is 119 Å². The van der Waals surface area contributed by atoms with E-state index in [1.165, 1.54) is 93.1 Å². The Bertz CT molecular complexity index is 487. The van der Waals surface area contributed by atoms with Gasteiger partial charge in [-0.15, -0.1) is 0 Å². The molecule has 236 valence electrons. The summed E-state index contributed by atoms with van der Waals surface area (Å²) in [5.41, 5.74) is 0. The normalized spacial score (nSPS) is 10.4. The molecule has 0 unspecified atom stereocenters. The first-order valence-corrected chi connectivity index (χ1v) is 18.2. The first-order chi connectivity index (χ1) is 18.4. The number of carbonyl (C=O) groups excluding carboxylic acids is 3. The van der Waals surface area contributed by atoms with Gasteiger partial charge in [-0.05, 0) is 54.3 Å². The van der Waals surface area contributed by atoms with Gasteiger partial charge in [0.05, 0.1) is 17.9 Å². The minimum Gasteiger partial charge on any atom is -0.549 e. The number of carbonyl (C=O) groups is 3. The maximum absolute atomic E-state index is 10.0. The van der Waals surface area contributed by atoms with Crippen LogP contribution in [-0.2, 0) is 14.4 Å². The molecular formula is C30H57BiO6S3. The Morgan fingerprint density at radius 1 is 0.450 bits per heavy atom. The van der Waals surface area contributed by atoms with Gasteiger partial charge in [0.15, 0.2) is 0 Å². The van der Waals surface area contributed by atoms with Crippen LogP contribution in [0.15, 0.2) is 0 Å². The van der Waals surface area contributed by atoms with Crippen molar-refractivity contribution in [1.82, 2.24) is 0 Å². The van der Waals surface area contributed by atoms with Crippen LogP contribution in [0.25, 0.3) is 0 Å². The number of unbranched alkanes of at least 4 members (excludes halogenated alkanes) is 6.